The zero-order valence-corrected chi connectivity index (χ0v) is 17.1. The highest BCUT2D eigenvalue weighted by molar-refractivity contribution is 5.42. The third-order valence-electron chi connectivity index (χ3n) is 4.70. The van der Waals surface area contributed by atoms with Crippen molar-refractivity contribution in [3.8, 4) is 0 Å². The molecule has 5 nitrogen and oxygen atoms in total. The van der Waals surface area contributed by atoms with Crippen molar-refractivity contribution in [2.24, 2.45) is 0 Å². The van der Waals surface area contributed by atoms with E-state index >= 15 is 0 Å². The normalized spacial score (nSPS) is 18.2. The smallest absolute Gasteiger partial charge is 0.378 e. The molecule has 1 aliphatic heterocycles. The quantitative estimate of drug-likeness (QED) is 0.743. The summed E-state index contributed by atoms with van der Waals surface area (Å²) in [5.74, 6) is 1.43. The number of halogens is 3. The van der Waals surface area contributed by atoms with E-state index in [2.05, 4.69) is 4.98 Å². The van der Waals surface area contributed by atoms with Gasteiger partial charge < -0.3 is 14.4 Å². The van der Waals surface area contributed by atoms with Crippen molar-refractivity contribution in [2.45, 2.75) is 45.1 Å². The molecular weight excluding hydrogens is 383 g/mol. The molecule has 8 heteroatoms. The first kappa shape index (κ1) is 21.5. The summed E-state index contributed by atoms with van der Waals surface area (Å²) in [5, 5.41) is 0. The molecule has 0 bridgehead atoms. The second kappa shape index (κ2) is 8.28. The van der Waals surface area contributed by atoms with Gasteiger partial charge in [0.2, 0.25) is 0 Å². The van der Waals surface area contributed by atoms with Gasteiger partial charge in [-0.3, -0.25) is 0 Å². The number of benzene rings is 1. The van der Waals surface area contributed by atoms with Crippen molar-refractivity contribution in [1.29, 1.82) is 0 Å². The van der Waals surface area contributed by atoms with Crippen molar-refractivity contribution < 1.29 is 22.6 Å². The van der Waals surface area contributed by atoms with Crippen LogP contribution in [0.5, 0.6) is 0 Å². The number of alkyl halides is 3. The van der Waals surface area contributed by atoms with E-state index in [1.807, 2.05) is 31.7 Å². The molecule has 158 valence electrons. The lowest BCUT2D eigenvalue weighted by atomic mass is 9.95. The summed E-state index contributed by atoms with van der Waals surface area (Å²) in [5.41, 5.74) is 0.358. The molecule has 0 N–H and O–H groups in total. The summed E-state index contributed by atoms with van der Waals surface area (Å²) in [6.07, 6.45) is -4.85. The number of morpholine rings is 1. The van der Waals surface area contributed by atoms with Crippen LogP contribution in [0.1, 0.15) is 49.5 Å². The largest absolute Gasteiger partial charge is 0.416 e. The predicted molar refractivity (Wildman–Crippen MR) is 104 cm³/mol. The topological polar surface area (TPSA) is 47.5 Å². The fraction of sp³-hybridized carbons (Fsp3) is 0.524. The van der Waals surface area contributed by atoms with E-state index in [-0.39, 0.29) is 5.41 Å². The number of anilines is 1. The van der Waals surface area contributed by atoms with Crippen LogP contribution in [0, 0.1) is 0 Å². The van der Waals surface area contributed by atoms with Crippen LogP contribution in [0.4, 0.5) is 19.0 Å². The van der Waals surface area contributed by atoms with Gasteiger partial charge >= 0.3 is 6.18 Å². The number of ether oxygens (including phenoxy) is 2. The van der Waals surface area contributed by atoms with Gasteiger partial charge in [0.1, 0.15) is 17.7 Å². The van der Waals surface area contributed by atoms with Gasteiger partial charge in [0.15, 0.2) is 0 Å². The molecule has 1 aromatic heterocycles. The monoisotopic (exact) mass is 409 g/mol. The van der Waals surface area contributed by atoms with Crippen LogP contribution in [-0.2, 0) is 27.7 Å². The molecule has 1 atom stereocenters. The fourth-order valence-electron chi connectivity index (χ4n) is 3.18. The van der Waals surface area contributed by atoms with Crippen LogP contribution in [-0.4, -0.2) is 36.8 Å². The summed E-state index contributed by atoms with van der Waals surface area (Å²) in [4.78, 5) is 11.3. The van der Waals surface area contributed by atoms with Gasteiger partial charge in [0.25, 0.3) is 0 Å². The fourth-order valence-corrected chi connectivity index (χ4v) is 3.18. The first-order valence-electron chi connectivity index (χ1n) is 9.49. The molecule has 1 aliphatic rings. The van der Waals surface area contributed by atoms with Crippen LogP contribution in [0.15, 0.2) is 30.3 Å². The predicted octanol–water partition coefficient (Wildman–Crippen LogP) is 4.52. The van der Waals surface area contributed by atoms with Gasteiger partial charge in [-0.15, -0.1) is 0 Å². The number of hydrogen-bond donors (Lipinski definition) is 0. The summed E-state index contributed by atoms with van der Waals surface area (Å²) >= 11 is 0. The summed E-state index contributed by atoms with van der Waals surface area (Å²) in [7, 11) is 1.61. The van der Waals surface area contributed by atoms with E-state index in [1.165, 1.54) is 6.07 Å². The van der Waals surface area contributed by atoms with Crippen molar-refractivity contribution in [1.82, 2.24) is 9.97 Å². The van der Waals surface area contributed by atoms with Gasteiger partial charge in [-0.1, -0.05) is 32.9 Å². The summed E-state index contributed by atoms with van der Waals surface area (Å²) in [6, 6.07) is 7.18. The SMILES string of the molecule is COCc1cc(N2CCOC(c3cccc(C(F)(F)F)c3)C2)nc(C(C)(C)C)n1. The Morgan fingerprint density at radius 3 is 2.59 bits per heavy atom. The molecule has 0 saturated carbocycles. The number of hydrogen-bond acceptors (Lipinski definition) is 5. The van der Waals surface area contributed by atoms with E-state index in [0.717, 1.165) is 23.6 Å². The Balaban J connectivity index is 1.88. The van der Waals surface area contributed by atoms with E-state index < -0.39 is 17.8 Å². The molecule has 1 aromatic carbocycles. The molecule has 2 heterocycles. The Morgan fingerprint density at radius 1 is 1.17 bits per heavy atom. The lowest BCUT2D eigenvalue weighted by Gasteiger charge is -2.35. The van der Waals surface area contributed by atoms with E-state index in [0.29, 0.717) is 37.7 Å². The van der Waals surface area contributed by atoms with E-state index in [9.17, 15) is 13.2 Å². The Hall–Kier alpha value is -2.19. The minimum Gasteiger partial charge on any atom is -0.378 e. The highest BCUT2D eigenvalue weighted by Crippen LogP contribution is 2.33. The van der Waals surface area contributed by atoms with Gasteiger partial charge in [-0.25, -0.2) is 9.97 Å². The molecular formula is C21H26F3N3O2. The van der Waals surface area contributed by atoms with Crippen LogP contribution in [0.2, 0.25) is 0 Å². The van der Waals surface area contributed by atoms with Crippen molar-refractivity contribution in [3.63, 3.8) is 0 Å². The lowest BCUT2D eigenvalue weighted by molar-refractivity contribution is -0.137. The first-order chi connectivity index (χ1) is 13.6. The zero-order chi connectivity index (χ0) is 21.2. The Morgan fingerprint density at radius 2 is 1.93 bits per heavy atom. The molecule has 0 amide bonds. The standard InChI is InChI=1S/C21H26F3N3O2/c1-20(2,3)19-25-16(13-28-4)11-18(26-19)27-8-9-29-17(12-27)14-6-5-7-15(10-14)21(22,23)24/h5-7,10-11,17H,8-9,12-13H2,1-4H3. The first-order valence-corrected chi connectivity index (χ1v) is 9.49. The third-order valence-corrected chi connectivity index (χ3v) is 4.70. The van der Waals surface area contributed by atoms with Crippen LogP contribution in [0.3, 0.4) is 0 Å². The molecule has 1 unspecified atom stereocenters. The molecule has 0 aliphatic carbocycles. The molecule has 29 heavy (non-hydrogen) atoms. The van der Waals surface area contributed by atoms with Crippen LogP contribution >= 0.6 is 0 Å². The zero-order valence-electron chi connectivity index (χ0n) is 17.1. The average molecular weight is 409 g/mol. The van der Waals surface area contributed by atoms with Gasteiger partial charge in [-0.2, -0.15) is 13.2 Å². The lowest BCUT2D eigenvalue weighted by Crippen LogP contribution is -2.39. The molecule has 1 fully saturated rings. The van der Waals surface area contributed by atoms with Crippen LogP contribution in [0.25, 0.3) is 0 Å². The van der Waals surface area contributed by atoms with Crippen molar-refractivity contribution in [3.05, 3.63) is 53.0 Å². The van der Waals surface area contributed by atoms with E-state index in [4.69, 9.17) is 14.5 Å². The molecule has 2 aromatic rings. The van der Waals surface area contributed by atoms with Crippen LogP contribution < -0.4 is 4.90 Å². The highest BCUT2D eigenvalue weighted by atomic mass is 19.4. The maximum atomic E-state index is 13.1. The van der Waals surface area contributed by atoms with Gasteiger partial charge in [0, 0.05) is 31.7 Å². The molecule has 0 spiro atoms. The number of rotatable bonds is 4. The number of methoxy groups -OCH3 is 1. The Labute approximate surface area is 168 Å². The molecule has 1 saturated heterocycles. The minimum atomic E-state index is -4.38. The van der Waals surface area contributed by atoms with Crippen molar-refractivity contribution in [2.75, 3.05) is 31.7 Å². The highest BCUT2D eigenvalue weighted by Gasteiger charge is 2.32. The minimum absolute atomic E-state index is 0.245. The molecule has 3 rings (SSSR count). The van der Waals surface area contributed by atoms with Gasteiger partial charge in [0.05, 0.1) is 24.5 Å². The number of aromatic nitrogens is 2. The van der Waals surface area contributed by atoms with Crippen molar-refractivity contribution >= 4 is 5.82 Å². The van der Waals surface area contributed by atoms with E-state index in [1.54, 1.807) is 13.2 Å². The summed E-state index contributed by atoms with van der Waals surface area (Å²) in [6.45, 7) is 7.88. The Bertz CT molecular complexity index is 850. The second-order valence-corrected chi connectivity index (χ2v) is 8.15. The number of nitrogens with zero attached hydrogens (tertiary/aromatic N) is 3. The maximum Gasteiger partial charge on any atom is 0.416 e. The van der Waals surface area contributed by atoms with Gasteiger partial charge in [-0.05, 0) is 17.7 Å². The molecule has 0 radical (unpaired) electrons. The third kappa shape index (κ3) is 5.25. The Kier molecular flexibility index (Phi) is 6.14. The average Bonchev–Trinajstić information content (AvgIpc) is 2.67. The maximum absolute atomic E-state index is 13.1. The summed E-state index contributed by atoms with van der Waals surface area (Å²) < 4.78 is 50.2. The second-order valence-electron chi connectivity index (χ2n) is 8.15.